The summed E-state index contributed by atoms with van der Waals surface area (Å²) >= 11 is 0. The van der Waals surface area contributed by atoms with Gasteiger partial charge in [-0.15, -0.1) is 0 Å². The molecular weight excluding hydrogens is 224 g/mol. The molecule has 0 saturated heterocycles. The third-order valence-electron chi connectivity index (χ3n) is 3.16. The lowest BCUT2D eigenvalue weighted by molar-refractivity contribution is 0.199. The maximum Gasteiger partial charge on any atom is 0.134 e. The highest BCUT2D eigenvalue weighted by Crippen LogP contribution is 2.25. The largest absolute Gasteiger partial charge is 0.389 e. The molecule has 3 heteroatoms. The van der Waals surface area contributed by atoms with Crippen molar-refractivity contribution in [2.75, 3.05) is 11.4 Å². The number of aliphatic hydroxyl groups excluding tert-OH is 1. The van der Waals surface area contributed by atoms with E-state index in [-0.39, 0.29) is 0 Å². The molecule has 1 aromatic rings. The summed E-state index contributed by atoms with van der Waals surface area (Å²) in [6.07, 6.45) is 4.96. The smallest absolute Gasteiger partial charge is 0.134 e. The first-order valence-electron chi connectivity index (χ1n) is 6.97. The predicted molar refractivity (Wildman–Crippen MR) is 76.9 cm³/mol. The van der Waals surface area contributed by atoms with Crippen molar-refractivity contribution >= 4 is 5.82 Å². The molecule has 102 valence electrons. The quantitative estimate of drug-likeness (QED) is 0.752. The number of pyridine rings is 1. The Morgan fingerprint density at radius 2 is 2.00 bits per heavy atom. The van der Waals surface area contributed by atoms with Crippen LogP contribution in [0.1, 0.15) is 58.6 Å². The summed E-state index contributed by atoms with van der Waals surface area (Å²) in [7, 11) is 0. The predicted octanol–water partition coefficient (Wildman–Crippen LogP) is 3.54. The average molecular weight is 250 g/mol. The molecule has 0 aliphatic heterocycles. The van der Waals surface area contributed by atoms with Crippen LogP contribution in [0.15, 0.2) is 18.3 Å². The van der Waals surface area contributed by atoms with Crippen molar-refractivity contribution in [1.29, 1.82) is 0 Å². The van der Waals surface area contributed by atoms with Crippen molar-refractivity contribution < 1.29 is 5.11 Å². The first-order chi connectivity index (χ1) is 8.57. The molecule has 1 N–H and O–H groups in total. The van der Waals surface area contributed by atoms with Gasteiger partial charge < -0.3 is 10.0 Å². The highest BCUT2D eigenvalue weighted by Gasteiger charge is 2.17. The van der Waals surface area contributed by atoms with E-state index in [1.165, 1.54) is 19.3 Å². The molecule has 0 amide bonds. The van der Waals surface area contributed by atoms with Gasteiger partial charge in [-0.05, 0) is 33.3 Å². The van der Waals surface area contributed by atoms with Gasteiger partial charge in [0.25, 0.3) is 0 Å². The zero-order valence-corrected chi connectivity index (χ0v) is 12.1. The molecule has 0 aliphatic rings. The van der Waals surface area contributed by atoms with Crippen LogP contribution in [0.25, 0.3) is 0 Å². The van der Waals surface area contributed by atoms with E-state index < -0.39 is 6.10 Å². The van der Waals surface area contributed by atoms with E-state index in [9.17, 15) is 5.11 Å². The number of unbranched alkanes of at least 4 members (excludes halogenated alkanes) is 2. The van der Waals surface area contributed by atoms with Crippen LogP contribution in [0.5, 0.6) is 0 Å². The van der Waals surface area contributed by atoms with Gasteiger partial charge in [0.15, 0.2) is 0 Å². The fourth-order valence-electron chi connectivity index (χ4n) is 2.12. The molecule has 1 heterocycles. The van der Waals surface area contributed by atoms with Crippen molar-refractivity contribution in [1.82, 2.24) is 4.98 Å². The van der Waals surface area contributed by atoms with Crippen molar-refractivity contribution in [3.63, 3.8) is 0 Å². The summed E-state index contributed by atoms with van der Waals surface area (Å²) in [6.45, 7) is 9.36. The molecular formula is C15H26N2O. The Hall–Kier alpha value is -1.09. The number of hydrogen-bond acceptors (Lipinski definition) is 3. The third-order valence-corrected chi connectivity index (χ3v) is 3.16. The Balaban J connectivity index is 2.91. The van der Waals surface area contributed by atoms with E-state index in [1.807, 2.05) is 12.1 Å². The highest BCUT2D eigenvalue weighted by atomic mass is 16.3. The van der Waals surface area contributed by atoms with Crippen LogP contribution in [0, 0.1) is 0 Å². The SMILES string of the molecule is CCCCCN(c1ncccc1C(C)O)C(C)C. The van der Waals surface area contributed by atoms with Crippen molar-refractivity contribution in [2.45, 2.75) is 59.1 Å². The Kier molecular flexibility index (Phi) is 6.13. The fraction of sp³-hybridized carbons (Fsp3) is 0.667. The van der Waals surface area contributed by atoms with E-state index in [2.05, 4.69) is 30.7 Å². The lowest BCUT2D eigenvalue weighted by Crippen LogP contribution is -2.33. The van der Waals surface area contributed by atoms with Gasteiger partial charge in [0.2, 0.25) is 0 Å². The minimum absolute atomic E-state index is 0.397. The molecule has 0 aromatic carbocycles. The highest BCUT2D eigenvalue weighted by molar-refractivity contribution is 5.48. The van der Waals surface area contributed by atoms with Crippen molar-refractivity contribution in [3.05, 3.63) is 23.9 Å². The van der Waals surface area contributed by atoms with Gasteiger partial charge in [-0.3, -0.25) is 0 Å². The minimum atomic E-state index is -0.471. The molecule has 0 radical (unpaired) electrons. The lowest BCUT2D eigenvalue weighted by atomic mass is 10.1. The Morgan fingerprint density at radius 3 is 2.56 bits per heavy atom. The third kappa shape index (κ3) is 3.98. The van der Waals surface area contributed by atoms with Crippen LogP contribution >= 0.6 is 0 Å². The molecule has 0 saturated carbocycles. The van der Waals surface area contributed by atoms with Gasteiger partial charge in [0.05, 0.1) is 6.10 Å². The monoisotopic (exact) mass is 250 g/mol. The number of anilines is 1. The van der Waals surface area contributed by atoms with Crippen LogP contribution in [0.4, 0.5) is 5.82 Å². The zero-order valence-electron chi connectivity index (χ0n) is 12.1. The maximum absolute atomic E-state index is 9.84. The first-order valence-corrected chi connectivity index (χ1v) is 6.97. The molecule has 1 atom stereocenters. The van der Waals surface area contributed by atoms with Crippen molar-refractivity contribution in [3.8, 4) is 0 Å². The van der Waals surface area contributed by atoms with Gasteiger partial charge in [-0.25, -0.2) is 4.98 Å². The van der Waals surface area contributed by atoms with Gasteiger partial charge in [0, 0.05) is 24.3 Å². The second-order valence-corrected chi connectivity index (χ2v) is 5.09. The van der Waals surface area contributed by atoms with E-state index in [4.69, 9.17) is 0 Å². The normalized spacial score (nSPS) is 12.8. The molecule has 0 aliphatic carbocycles. The summed E-state index contributed by atoms with van der Waals surface area (Å²) in [5.41, 5.74) is 0.919. The molecule has 1 unspecified atom stereocenters. The molecule has 0 fully saturated rings. The molecule has 3 nitrogen and oxygen atoms in total. The Labute approximate surface area is 111 Å². The summed E-state index contributed by atoms with van der Waals surface area (Å²) < 4.78 is 0. The number of aliphatic hydroxyl groups is 1. The van der Waals surface area contributed by atoms with Crippen LogP contribution in [-0.2, 0) is 0 Å². The zero-order chi connectivity index (χ0) is 13.5. The van der Waals surface area contributed by atoms with Crippen LogP contribution in [-0.4, -0.2) is 22.7 Å². The Bertz CT molecular complexity index is 350. The minimum Gasteiger partial charge on any atom is -0.389 e. The summed E-state index contributed by atoms with van der Waals surface area (Å²) in [5.74, 6) is 0.929. The molecule has 0 spiro atoms. The van der Waals surface area contributed by atoms with Gasteiger partial charge in [-0.2, -0.15) is 0 Å². The topological polar surface area (TPSA) is 36.4 Å². The number of aromatic nitrogens is 1. The second kappa shape index (κ2) is 7.37. The average Bonchev–Trinajstić information content (AvgIpc) is 2.34. The van der Waals surface area contributed by atoms with E-state index in [0.717, 1.165) is 17.9 Å². The van der Waals surface area contributed by atoms with Crippen LogP contribution in [0.2, 0.25) is 0 Å². The van der Waals surface area contributed by atoms with E-state index >= 15 is 0 Å². The number of rotatable bonds is 7. The Morgan fingerprint density at radius 1 is 1.28 bits per heavy atom. The molecule has 18 heavy (non-hydrogen) atoms. The fourth-order valence-corrected chi connectivity index (χ4v) is 2.12. The standard InChI is InChI=1S/C15H26N2O/c1-5-6-7-11-17(12(2)3)15-14(13(4)18)9-8-10-16-15/h8-10,12-13,18H,5-7,11H2,1-4H3. The van der Waals surface area contributed by atoms with Gasteiger partial charge in [-0.1, -0.05) is 25.8 Å². The second-order valence-electron chi connectivity index (χ2n) is 5.09. The van der Waals surface area contributed by atoms with E-state index in [1.54, 1.807) is 13.1 Å². The van der Waals surface area contributed by atoms with Crippen molar-refractivity contribution in [2.24, 2.45) is 0 Å². The number of nitrogens with zero attached hydrogens (tertiary/aromatic N) is 2. The lowest BCUT2D eigenvalue weighted by Gasteiger charge is -2.30. The maximum atomic E-state index is 9.84. The number of hydrogen-bond donors (Lipinski definition) is 1. The summed E-state index contributed by atoms with van der Waals surface area (Å²) in [6, 6.07) is 4.24. The summed E-state index contributed by atoms with van der Waals surface area (Å²) in [4.78, 5) is 6.76. The van der Waals surface area contributed by atoms with Crippen LogP contribution < -0.4 is 4.90 Å². The molecule has 1 aromatic heterocycles. The molecule has 0 bridgehead atoms. The first kappa shape index (κ1) is 15.0. The molecule has 1 rings (SSSR count). The van der Waals surface area contributed by atoms with Crippen LogP contribution in [0.3, 0.4) is 0 Å². The summed E-state index contributed by atoms with van der Waals surface area (Å²) in [5, 5.41) is 9.84. The van der Waals surface area contributed by atoms with Gasteiger partial charge >= 0.3 is 0 Å². The van der Waals surface area contributed by atoms with E-state index in [0.29, 0.717) is 6.04 Å². The van der Waals surface area contributed by atoms with Gasteiger partial charge in [0.1, 0.15) is 5.82 Å².